The van der Waals surface area contributed by atoms with Crippen LogP contribution in [0.15, 0.2) is 59.8 Å². The lowest BCUT2D eigenvalue weighted by molar-refractivity contribution is -0.137. The predicted molar refractivity (Wildman–Crippen MR) is 120 cm³/mol. The van der Waals surface area contributed by atoms with Crippen LogP contribution in [-0.2, 0) is 14.6 Å². The normalized spacial score (nSPS) is 19.8. The summed E-state index contributed by atoms with van der Waals surface area (Å²) in [5.74, 6) is -0.305. The Morgan fingerprint density at radius 2 is 1.72 bits per heavy atom. The molecule has 170 valence electrons. The van der Waals surface area contributed by atoms with Gasteiger partial charge in [-0.25, -0.2) is 8.42 Å². The standard InChI is InChI=1S/C23H28N4O4S/c28-22(19-7-6-10-24-17-19)27-14-13-25(18-21(27)23(29)26-11-4-5-12-26)15-16-32(30,31)20-8-2-1-3-9-20/h1-3,6-10,17,21H,4-5,11-16,18H2. The van der Waals surface area contributed by atoms with E-state index in [4.69, 9.17) is 0 Å². The molecular formula is C23H28N4O4S. The van der Waals surface area contributed by atoms with Crippen molar-refractivity contribution >= 4 is 21.7 Å². The van der Waals surface area contributed by atoms with Gasteiger partial charge in [0.25, 0.3) is 5.91 Å². The highest BCUT2D eigenvalue weighted by Gasteiger charge is 2.38. The molecule has 0 saturated carbocycles. The van der Waals surface area contributed by atoms with E-state index >= 15 is 0 Å². The van der Waals surface area contributed by atoms with Gasteiger partial charge in [0.2, 0.25) is 5.91 Å². The molecule has 2 saturated heterocycles. The van der Waals surface area contributed by atoms with E-state index in [1.807, 2.05) is 9.80 Å². The Balaban J connectivity index is 1.48. The van der Waals surface area contributed by atoms with E-state index in [2.05, 4.69) is 4.98 Å². The molecule has 0 spiro atoms. The van der Waals surface area contributed by atoms with Gasteiger partial charge in [-0.05, 0) is 37.1 Å². The number of rotatable bonds is 6. The number of pyridine rings is 1. The Morgan fingerprint density at radius 1 is 0.969 bits per heavy atom. The molecule has 3 heterocycles. The van der Waals surface area contributed by atoms with Crippen LogP contribution in [0, 0.1) is 0 Å². The zero-order valence-electron chi connectivity index (χ0n) is 18.0. The second-order valence-corrected chi connectivity index (χ2v) is 10.3. The molecule has 0 radical (unpaired) electrons. The van der Waals surface area contributed by atoms with E-state index < -0.39 is 15.9 Å². The van der Waals surface area contributed by atoms with Crippen LogP contribution in [0.5, 0.6) is 0 Å². The fraction of sp³-hybridized carbons (Fsp3) is 0.435. The van der Waals surface area contributed by atoms with E-state index in [-0.39, 0.29) is 17.6 Å². The van der Waals surface area contributed by atoms with Crippen LogP contribution in [0.2, 0.25) is 0 Å². The summed E-state index contributed by atoms with van der Waals surface area (Å²) in [5, 5.41) is 0. The highest BCUT2D eigenvalue weighted by Crippen LogP contribution is 2.19. The van der Waals surface area contributed by atoms with Gasteiger partial charge in [-0.15, -0.1) is 0 Å². The first-order valence-corrected chi connectivity index (χ1v) is 12.6. The van der Waals surface area contributed by atoms with Crippen molar-refractivity contribution in [3.63, 3.8) is 0 Å². The van der Waals surface area contributed by atoms with Crippen molar-refractivity contribution in [3.05, 3.63) is 60.4 Å². The first-order chi connectivity index (χ1) is 15.5. The van der Waals surface area contributed by atoms with Crippen LogP contribution in [0.3, 0.4) is 0 Å². The SMILES string of the molecule is O=C(C1CN(CCS(=O)(=O)c2ccccc2)CCN1C(=O)c1cccnc1)N1CCCC1. The second-order valence-electron chi connectivity index (χ2n) is 8.22. The first-order valence-electron chi connectivity index (χ1n) is 11.0. The molecular weight excluding hydrogens is 428 g/mol. The maximum absolute atomic E-state index is 13.3. The molecule has 0 N–H and O–H groups in total. The summed E-state index contributed by atoms with van der Waals surface area (Å²) in [5.41, 5.74) is 0.451. The Bertz CT molecular complexity index is 1040. The third-order valence-electron chi connectivity index (χ3n) is 6.12. The van der Waals surface area contributed by atoms with Gasteiger partial charge in [0.15, 0.2) is 9.84 Å². The molecule has 1 aromatic heterocycles. The van der Waals surface area contributed by atoms with Crippen molar-refractivity contribution < 1.29 is 18.0 Å². The smallest absolute Gasteiger partial charge is 0.256 e. The van der Waals surface area contributed by atoms with Gasteiger partial charge in [-0.1, -0.05) is 18.2 Å². The number of nitrogens with zero attached hydrogens (tertiary/aromatic N) is 4. The Hall–Kier alpha value is -2.78. The number of hydrogen-bond acceptors (Lipinski definition) is 6. The van der Waals surface area contributed by atoms with Crippen LogP contribution in [0.1, 0.15) is 23.2 Å². The van der Waals surface area contributed by atoms with Crippen LogP contribution in [0.4, 0.5) is 0 Å². The van der Waals surface area contributed by atoms with E-state index in [1.165, 1.54) is 6.20 Å². The largest absolute Gasteiger partial charge is 0.341 e. The zero-order chi connectivity index (χ0) is 22.6. The minimum absolute atomic E-state index is 0.0296. The lowest BCUT2D eigenvalue weighted by Crippen LogP contribution is -2.61. The van der Waals surface area contributed by atoms with Crippen molar-refractivity contribution in [2.24, 2.45) is 0 Å². The van der Waals surface area contributed by atoms with Gasteiger partial charge in [-0.3, -0.25) is 19.5 Å². The van der Waals surface area contributed by atoms with E-state index in [1.54, 1.807) is 53.6 Å². The lowest BCUT2D eigenvalue weighted by Gasteiger charge is -2.41. The van der Waals surface area contributed by atoms with Crippen molar-refractivity contribution in [2.45, 2.75) is 23.8 Å². The molecule has 2 aliphatic heterocycles. The van der Waals surface area contributed by atoms with E-state index in [9.17, 15) is 18.0 Å². The first kappa shape index (κ1) is 22.4. The molecule has 4 rings (SSSR count). The number of benzene rings is 1. The minimum Gasteiger partial charge on any atom is -0.341 e. The second kappa shape index (κ2) is 9.79. The van der Waals surface area contributed by atoms with E-state index in [0.29, 0.717) is 49.7 Å². The summed E-state index contributed by atoms with van der Waals surface area (Å²) in [6.45, 7) is 2.92. The van der Waals surface area contributed by atoms with Crippen molar-refractivity contribution in [3.8, 4) is 0 Å². The average molecular weight is 457 g/mol. The number of hydrogen-bond donors (Lipinski definition) is 0. The quantitative estimate of drug-likeness (QED) is 0.651. The number of carbonyl (C=O) groups excluding carboxylic acids is 2. The Labute approximate surface area is 188 Å². The average Bonchev–Trinajstić information content (AvgIpc) is 3.38. The Morgan fingerprint density at radius 3 is 2.41 bits per heavy atom. The number of amides is 2. The zero-order valence-corrected chi connectivity index (χ0v) is 18.8. The molecule has 2 aliphatic rings. The maximum Gasteiger partial charge on any atom is 0.256 e. The number of piperazine rings is 1. The van der Waals surface area contributed by atoms with Gasteiger partial charge in [-0.2, -0.15) is 0 Å². The van der Waals surface area contributed by atoms with Gasteiger partial charge < -0.3 is 9.80 Å². The van der Waals surface area contributed by atoms with Crippen LogP contribution < -0.4 is 0 Å². The molecule has 8 nitrogen and oxygen atoms in total. The maximum atomic E-state index is 13.3. The summed E-state index contributed by atoms with van der Waals surface area (Å²) in [7, 11) is -3.41. The fourth-order valence-corrected chi connectivity index (χ4v) is 5.60. The minimum atomic E-state index is -3.41. The van der Waals surface area contributed by atoms with Crippen molar-refractivity contribution in [1.82, 2.24) is 19.7 Å². The molecule has 9 heteroatoms. The highest BCUT2D eigenvalue weighted by molar-refractivity contribution is 7.91. The van der Waals surface area contributed by atoms with Crippen LogP contribution in [0.25, 0.3) is 0 Å². The number of likely N-dealkylation sites (tertiary alicyclic amines) is 1. The van der Waals surface area contributed by atoms with Gasteiger partial charge in [0, 0.05) is 51.7 Å². The topological polar surface area (TPSA) is 90.9 Å². The third kappa shape index (κ3) is 4.99. The number of aromatic nitrogens is 1. The van der Waals surface area contributed by atoms with Crippen molar-refractivity contribution in [2.75, 3.05) is 45.0 Å². The molecule has 0 bridgehead atoms. The third-order valence-corrected chi connectivity index (χ3v) is 7.83. The molecule has 2 fully saturated rings. The lowest BCUT2D eigenvalue weighted by atomic mass is 10.1. The summed E-state index contributed by atoms with van der Waals surface area (Å²) in [6, 6.07) is 11.2. The molecule has 1 unspecified atom stereocenters. The molecule has 2 aromatic rings. The summed E-state index contributed by atoms with van der Waals surface area (Å²) in [4.78, 5) is 36.2. The summed E-state index contributed by atoms with van der Waals surface area (Å²) in [6.07, 6.45) is 5.05. The number of sulfone groups is 1. The molecule has 0 aliphatic carbocycles. The van der Waals surface area contributed by atoms with Crippen LogP contribution >= 0.6 is 0 Å². The molecule has 1 aromatic carbocycles. The molecule has 32 heavy (non-hydrogen) atoms. The number of carbonyl (C=O) groups is 2. The van der Waals surface area contributed by atoms with E-state index in [0.717, 1.165) is 12.8 Å². The van der Waals surface area contributed by atoms with Gasteiger partial charge in [0.1, 0.15) is 6.04 Å². The highest BCUT2D eigenvalue weighted by atomic mass is 32.2. The van der Waals surface area contributed by atoms with Crippen LogP contribution in [-0.4, -0.2) is 91.0 Å². The molecule has 1 atom stereocenters. The molecule has 2 amide bonds. The summed E-state index contributed by atoms with van der Waals surface area (Å²) < 4.78 is 25.4. The monoisotopic (exact) mass is 456 g/mol. The summed E-state index contributed by atoms with van der Waals surface area (Å²) >= 11 is 0. The Kier molecular flexibility index (Phi) is 6.86. The van der Waals surface area contributed by atoms with Crippen molar-refractivity contribution in [1.29, 1.82) is 0 Å². The van der Waals surface area contributed by atoms with Gasteiger partial charge >= 0.3 is 0 Å². The van der Waals surface area contributed by atoms with Gasteiger partial charge in [0.05, 0.1) is 16.2 Å². The fourth-order valence-electron chi connectivity index (χ4n) is 4.30. The predicted octanol–water partition coefficient (Wildman–Crippen LogP) is 1.30.